The molecule has 132 valence electrons. The highest BCUT2D eigenvalue weighted by Gasteiger charge is 2.31. The fourth-order valence-electron chi connectivity index (χ4n) is 2.63. The first-order chi connectivity index (χ1) is 10.6. The van der Waals surface area contributed by atoms with Gasteiger partial charge >= 0.3 is 0 Å². The number of nitrogens with one attached hydrogen (secondary N) is 1. The fourth-order valence-corrected chi connectivity index (χ4v) is 2.63. The lowest BCUT2D eigenvalue weighted by Crippen LogP contribution is -2.50. The summed E-state index contributed by atoms with van der Waals surface area (Å²) in [7, 11) is 0. The highest BCUT2D eigenvalue weighted by atomic mass is 35.5. The summed E-state index contributed by atoms with van der Waals surface area (Å²) in [5.74, 6) is -0.102. The molecular weight excluding hydrogens is 320 g/mol. The number of aromatic nitrogens is 3. The molecule has 2 atom stereocenters. The Morgan fingerprint density at radius 3 is 2.74 bits per heavy atom. The number of aliphatic hydroxyl groups excluding tert-OH is 1. The summed E-state index contributed by atoms with van der Waals surface area (Å²) in [6.45, 7) is 5.13. The smallest absolute Gasteiger partial charge is 0.250 e. The molecule has 2 heterocycles. The molecule has 8 nitrogen and oxygen atoms in total. The van der Waals surface area contributed by atoms with Gasteiger partial charge in [0.05, 0.1) is 11.8 Å². The Hall–Kier alpha value is -1.22. The van der Waals surface area contributed by atoms with E-state index in [0.29, 0.717) is 19.6 Å². The number of nitrogens with two attached hydrogens (primary N) is 1. The first-order valence-corrected chi connectivity index (χ1v) is 7.92. The van der Waals surface area contributed by atoms with Crippen molar-refractivity contribution in [2.45, 2.75) is 38.3 Å². The molecule has 1 aromatic rings. The minimum absolute atomic E-state index is 0. The molecule has 0 saturated carbocycles. The average Bonchev–Trinajstić information content (AvgIpc) is 2.96. The second-order valence-corrected chi connectivity index (χ2v) is 5.70. The van der Waals surface area contributed by atoms with E-state index >= 15 is 0 Å². The highest BCUT2D eigenvalue weighted by Crippen LogP contribution is 2.16. The molecule has 0 radical (unpaired) electrons. The van der Waals surface area contributed by atoms with Gasteiger partial charge in [0.1, 0.15) is 0 Å². The molecule has 2 rings (SSSR count). The van der Waals surface area contributed by atoms with Crippen molar-refractivity contribution in [3.8, 4) is 0 Å². The van der Waals surface area contributed by atoms with Crippen LogP contribution < -0.4 is 11.1 Å². The number of halogens is 1. The molecule has 1 fully saturated rings. The number of aryl methyl sites for hydroxylation is 1. The van der Waals surface area contributed by atoms with Crippen LogP contribution in [0, 0.1) is 0 Å². The van der Waals surface area contributed by atoms with E-state index in [-0.39, 0.29) is 18.3 Å². The molecular formula is C14H27ClN6O2. The van der Waals surface area contributed by atoms with E-state index in [1.165, 1.54) is 4.68 Å². The SMILES string of the molecule is CC(O)[C@H](C(=O)N1CCNCC1)n1cc(CCCCN)nn1.Cl. The third-order valence-electron chi connectivity index (χ3n) is 3.87. The molecule has 4 N–H and O–H groups in total. The summed E-state index contributed by atoms with van der Waals surface area (Å²) < 4.78 is 1.49. The molecule has 1 aliphatic rings. The number of nitrogens with zero attached hydrogens (tertiary/aromatic N) is 4. The van der Waals surface area contributed by atoms with Crippen LogP contribution in [0.5, 0.6) is 0 Å². The van der Waals surface area contributed by atoms with Crippen LogP contribution in [0.4, 0.5) is 0 Å². The zero-order chi connectivity index (χ0) is 15.9. The lowest BCUT2D eigenvalue weighted by atomic mass is 10.1. The van der Waals surface area contributed by atoms with E-state index < -0.39 is 12.1 Å². The molecule has 1 amide bonds. The Kier molecular flexibility index (Phi) is 8.46. The number of amides is 1. The number of rotatable bonds is 7. The van der Waals surface area contributed by atoms with E-state index in [1.807, 2.05) is 0 Å². The maximum atomic E-state index is 12.6. The minimum atomic E-state index is -0.819. The zero-order valence-corrected chi connectivity index (χ0v) is 14.3. The largest absolute Gasteiger partial charge is 0.391 e. The summed E-state index contributed by atoms with van der Waals surface area (Å²) in [6, 6.07) is -0.714. The Morgan fingerprint density at radius 1 is 1.43 bits per heavy atom. The van der Waals surface area contributed by atoms with Crippen LogP contribution in [-0.2, 0) is 11.2 Å². The lowest BCUT2D eigenvalue weighted by Gasteiger charge is -2.31. The van der Waals surface area contributed by atoms with Crippen molar-refractivity contribution in [1.29, 1.82) is 0 Å². The van der Waals surface area contributed by atoms with Crippen LogP contribution in [0.15, 0.2) is 6.20 Å². The Bertz CT molecular complexity index is 476. The van der Waals surface area contributed by atoms with Gasteiger partial charge in [0.15, 0.2) is 6.04 Å². The maximum Gasteiger partial charge on any atom is 0.250 e. The van der Waals surface area contributed by atoms with E-state index in [1.54, 1.807) is 18.0 Å². The molecule has 1 saturated heterocycles. The predicted octanol–water partition coefficient (Wildman–Crippen LogP) is -0.665. The number of carbonyl (C=O) groups is 1. The first kappa shape index (κ1) is 19.8. The normalized spacial score (nSPS) is 17.4. The molecule has 0 bridgehead atoms. The molecule has 0 spiro atoms. The van der Waals surface area contributed by atoms with Crippen molar-refractivity contribution < 1.29 is 9.90 Å². The summed E-state index contributed by atoms with van der Waals surface area (Å²) >= 11 is 0. The molecule has 9 heteroatoms. The monoisotopic (exact) mass is 346 g/mol. The van der Waals surface area contributed by atoms with Gasteiger partial charge in [-0.3, -0.25) is 4.79 Å². The highest BCUT2D eigenvalue weighted by molar-refractivity contribution is 5.85. The Labute approximate surface area is 142 Å². The van der Waals surface area contributed by atoms with Gasteiger partial charge in [0.2, 0.25) is 5.91 Å². The quantitative estimate of drug-likeness (QED) is 0.565. The number of aliphatic hydroxyl groups is 1. The standard InChI is InChI=1S/C14H26N6O2.ClH/c1-11(21)13(14(22)19-8-6-16-7-9-19)20-10-12(17-18-20)4-2-3-5-15;/h10-11,13,16,21H,2-9,15H2,1H3;1H/t11?,13-;/m1./s1. The van der Waals surface area contributed by atoms with Crippen molar-refractivity contribution >= 4 is 18.3 Å². The molecule has 1 aliphatic heterocycles. The summed E-state index contributed by atoms with van der Waals surface area (Å²) in [4.78, 5) is 14.4. The van der Waals surface area contributed by atoms with E-state index in [0.717, 1.165) is 38.0 Å². The predicted molar refractivity (Wildman–Crippen MR) is 89.4 cm³/mol. The van der Waals surface area contributed by atoms with Crippen LogP contribution in [-0.4, -0.2) is 69.7 Å². The van der Waals surface area contributed by atoms with Crippen molar-refractivity contribution in [3.05, 3.63) is 11.9 Å². The van der Waals surface area contributed by atoms with Gasteiger partial charge in [0.25, 0.3) is 0 Å². The molecule has 23 heavy (non-hydrogen) atoms. The van der Waals surface area contributed by atoms with Gasteiger partial charge in [-0.25, -0.2) is 4.68 Å². The lowest BCUT2D eigenvalue weighted by molar-refractivity contribution is -0.138. The van der Waals surface area contributed by atoms with Crippen LogP contribution in [0.3, 0.4) is 0 Å². The van der Waals surface area contributed by atoms with Crippen LogP contribution in [0.1, 0.15) is 31.5 Å². The van der Waals surface area contributed by atoms with Gasteiger partial charge in [-0.15, -0.1) is 17.5 Å². The topological polar surface area (TPSA) is 109 Å². The summed E-state index contributed by atoms with van der Waals surface area (Å²) in [6.07, 6.45) is 3.60. The third-order valence-corrected chi connectivity index (χ3v) is 3.87. The number of hydrogen-bond acceptors (Lipinski definition) is 6. The van der Waals surface area contributed by atoms with Crippen molar-refractivity contribution in [3.63, 3.8) is 0 Å². The van der Waals surface area contributed by atoms with Gasteiger partial charge in [0, 0.05) is 32.4 Å². The molecule has 1 aromatic heterocycles. The van der Waals surface area contributed by atoms with Crippen molar-refractivity contribution in [2.75, 3.05) is 32.7 Å². The second-order valence-electron chi connectivity index (χ2n) is 5.70. The summed E-state index contributed by atoms with van der Waals surface area (Å²) in [5.41, 5.74) is 6.30. The second kappa shape index (κ2) is 9.82. The zero-order valence-electron chi connectivity index (χ0n) is 13.5. The van der Waals surface area contributed by atoms with Crippen molar-refractivity contribution in [1.82, 2.24) is 25.2 Å². The van der Waals surface area contributed by atoms with Gasteiger partial charge in [-0.2, -0.15) is 0 Å². The number of piperazine rings is 1. The molecule has 0 aromatic carbocycles. The number of carbonyl (C=O) groups excluding carboxylic acids is 1. The maximum absolute atomic E-state index is 12.6. The van der Waals surface area contributed by atoms with Crippen LogP contribution in [0.25, 0.3) is 0 Å². The fraction of sp³-hybridized carbons (Fsp3) is 0.786. The summed E-state index contributed by atoms with van der Waals surface area (Å²) in [5, 5.41) is 21.4. The van der Waals surface area contributed by atoms with Crippen LogP contribution in [0.2, 0.25) is 0 Å². The molecule has 1 unspecified atom stereocenters. The van der Waals surface area contributed by atoms with Gasteiger partial charge in [-0.1, -0.05) is 5.21 Å². The molecule has 0 aliphatic carbocycles. The minimum Gasteiger partial charge on any atom is -0.391 e. The number of unbranched alkanes of at least 4 members (excludes halogenated alkanes) is 1. The Morgan fingerprint density at radius 2 is 2.13 bits per heavy atom. The Balaban J connectivity index is 0.00000264. The van der Waals surface area contributed by atoms with Crippen LogP contribution >= 0.6 is 12.4 Å². The van der Waals surface area contributed by atoms with E-state index in [9.17, 15) is 9.90 Å². The van der Waals surface area contributed by atoms with Gasteiger partial charge < -0.3 is 21.1 Å². The average molecular weight is 347 g/mol. The van der Waals surface area contributed by atoms with Crippen molar-refractivity contribution in [2.24, 2.45) is 5.73 Å². The van der Waals surface area contributed by atoms with E-state index in [2.05, 4.69) is 15.6 Å². The van der Waals surface area contributed by atoms with Gasteiger partial charge in [-0.05, 0) is 32.7 Å². The first-order valence-electron chi connectivity index (χ1n) is 7.92. The third kappa shape index (κ3) is 5.42. The number of hydrogen-bond donors (Lipinski definition) is 3. The van der Waals surface area contributed by atoms with E-state index in [4.69, 9.17) is 5.73 Å².